The highest BCUT2D eigenvalue weighted by Crippen LogP contribution is 2.33. The Morgan fingerprint density at radius 2 is 2.12 bits per heavy atom. The van der Waals surface area contributed by atoms with Crippen molar-refractivity contribution in [3.8, 4) is 0 Å². The van der Waals surface area contributed by atoms with Crippen LogP contribution < -0.4 is 0 Å². The van der Waals surface area contributed by atoms with Crippen LogP contribution in [0.5, 0.6) is 0 Å². The molecule has 4 heteroatoms. The molecule has 0 spiro atoms. The van der Waals surface area contributed by atoms with Crippen LogP contribution in [0.4, 0.5) is 0 Å². The van der Waals surface area contributed by atoms with Crippen LogP contribution in [-0.2, 0) is 11.2 Å². The summed E-state index contributed by atoms with van der Waals surface area (Å²) in [5.41, 5.74) is 2.73. The summed E-state index contributed by atoms with van der Waals surface area (Å²) in [5, 5.41) is 0. The number of hydrogen-bond donors (Lipinski definition) is 0. The molecule has 2 aliphatic rings. The Balaban J connectivity index is 2.01. The van der Waals surface area contributed by atoms with E-state index in [2.05, 4.69) is 33.7 Å². The molecule has 3 rings (SSSR count). The first-order valence-electron chi connectivity index (χ1n) is 5.62. The van der Waals surface area contributed by atoms with Crippen LogP contribution in [0.15, 0.2) is 24.3 Å². The van der Waals surface area contributed by atoms with Gasteiger partial charge < -0.3 is 4.90 Å². The van der Waals surface area contributed by atoms with E-state index in [1.807, 2.05) is 9.57 Å². The summed E-state index contributed by atoms with van der Waals surface area (Å²) in [6, 6.07) is 8.73. The number of amides is 1. The molecule has 2 heterocycles. The van der Waals surface area contributed by atoms with Gasteiger partial charge in [0.1, 0.15) is 0 Å². The lowest BCUT2D eigenvalue weighted by molar-refractivity contribution is -0.137. The summed E-state index contributed by atoms with van der Waals surface area (Å²) in [4.78, 5) is 14.0. The standard InChI is InChI=1S/C12H15N2OP/c15-12-8-13(16)7-11-10-4-2-1-3-9(10)5-6-14(11)12/h1-4,11H,5-8,16H2/t11-/m1/s1. The lowest BCUT2D eigenvalue weighted by atomic mass is 9.91. The van der Waals surface area contributed by atoms with Crippen LogP contribution in [-0.4, -0.2) is 35.1 Å². The molecule has 2 aliphatic heterocycles. The van der Waals surface area contributed by atoms with Gasteiger partial charge in [-0.05, 0) is 17.5 Å². The highest BCUT2D eigenvalue weighted by Gasteiger charge is 2.35. The number of nitrogens with zero attached hydrogens (tertiary/aromatic N) is 2. The molecule has 1 aromatic carbocycles. The Labute approximate surface area is 97.7 Å². The van der Waals surface area contributed by atoms with E-state index in [0.29, 0.717) is 6.54 Å². The smallest absolute Gasteiger partial charge is 0.237 e. The zero-order chi connectivity index (χ0) is 11.1. The molecule has 1 saturated heterocycles. The molecule has 0 aromatic heterocycles. The Hall–Kier alpha value is -0.920. The first-order chi connectivity index (χ1) is 7.75. The number of benzene rings is 1. The predicted octanol–water partition coefficient (Wildman–Crippen LogP) is 1.22. The summed E-state index contributed by atoms with van der Waals surface area (Å²) in [5.74, 6) is 0.251. The summed E-state index contributed by atoms with van der Waals surface area (Å²) >= 11 is 0. The molecular formula is C12H15N2OP. The average Bonchev–Trinajstić information content (AvgIpc) is 2.28. The third kappa shape index (κ3) is 1.55. The van der Waals surface area contributed by atoms with Gasteiger partial charge in [0.25, 0.3) is 0 Å². The molecule has 16 heavy (non-hydrogen) atoms. The highest BCUT2D eigenvalue weighted by atomic mass is 31.0. The van der Waals surface area contributed by atoms with Crippen molar-refractivity contribution in [2.75, 3.05) is 19.6 Å². The topological polar surface area (TPSA) is 23.6 Å². The lowest BCUT2D eigenvalue weighted by Crippen LogP contribution is -2.51. The molecule has 1 amide bonds. The van der Waals surface area contributed by atoms with Crippen molar-refractivity contribution in [2.45, 2.75) is 12.5 Å². The Morgan fingerprint density at radius 1 is 1.31 bits per heavy atom. The molecule has 3 nitrogen and oxygen atoms in total. The average molecular weight is 234 g/mol. The minimum atomic E-state index is 0.251. The van der Waals surface area contributed by atoms with Crippen molar-refractivity contribution in [2.24, 2.45) is 0 Å². The summed E-state index contributed by atoms with van der Waals surface area (Å²) in [6.45, 7) is 2.33. The van der Waals surface area contributed by atoms with E-state index in [-0.39, 0.29) is 11.9 Å². The van der Waals surface area contributed by atoms with E-state index in [0.717, 1.165) is 19.5 Å². The van der Waals surface area contributed by atoms with Gasteiger partial charge in [0.2, 0.25) is 5.91 Å². The van der Waals surface area contributed by atoms with Crippen LogP contribution in [0.1, 0.15) is 17.2 Å². The van der Waals surface area contributed by atoms with Gasteiger partial charge in [-0.15, -0.1) is 0 Å². The molecule has 1 unspecified atom stereocenters. The first kappa shape index (κ1) is 10.2. The fourth-order valence-corrected chi connectivity index (χ4v) is 3.05. The van der Waals surface area contributed by atoms with E-state index in [1.165, 1.54) is 11.1 Å². The quantitative estimate of drug-likeness (QED) is 0.630. The van der Waals surface area contributed by atoms with E-state index in [4.69, 9.17) is 0 Å². The van der Waals surface area contributed by atoms with Crippen molar-refractivity contribution < 1.29 is 4.79 Å². The van der Waals surface area contributed by atoms with Crippen molar-refractivity contribution >= 4 is 15.3 Å². The Bertz CT molecular complexity index is 435. The number of carbonyl (C=O) groups is 1. The van der Waals surface area contributed by atoms with Crippen molar-refractivity contribution in [1.82, 2.24) is 9.57 Å². The number of rotatable bonds is 0. The predicted molar refractivity (Wildman–Crippen MR) is 65.9 cm³/mol. The van der Waals surface area contributed by atoms with Gasteiger partial charge in [-0.2, -0.15) is 0 Å². The number of carbonyl (C=O) groups excluding carboxylic acids is 1. The van der Waals surface area contributed by atoms with Gasteiger partial charge in [0.05, 0.1) is 12.6 Å². The van der Waals surface area contributed by atoms with E-state index in [9.17, 15) is 4.79 Å². The minimum absolute atomic E-state index is 0.251. The third-order valence-electron chi connectivity index (χ3n) is 3.48. The van der Waals surface area contributed by atoms with Crippen molar-refractivity contribution in [3.63, 3.8) is 0 Å². The van der Waals surface area contributed by atoms with Crippen molar-refractivity contribution in [3.05, 3.63) is 35.4 Å². The SMILES string of the molecule is O=C1CN(P)C[C@@H]2c3ccccc3CCN12. The van der Waals surface area contributed by atoms with E-state index >= 15 is 0 Å². The molecular weight excluding hydrogens is 219 g/mol. The van der Waals surface area contributed by atoms with Gasteiger partial charge >= 0.3 is 0 Å². The lowest BCUT2D eigenvalue weighted by Gasteiger charge is -2.43. The summed E-state index contributed by atoms with van der Waals surface area (Å²) in [7, 11) is 2.65. The van der Waals surface area contributed by atoms with Gasteiger partial charge in [-0.25, -0.2) is 0 Å². The first-order valence-corrected chi connectivity index (χ1v) is 6.14. The van der Waals surface area contributed by atoms with E-state index < -0.39 is 0 Å². The highest BCUT2D eigenvalue weighted by molar-refractivity contribution is 7.13. The number of hydrogen-bond acceptors (Lipinski definition) is 2. The van der Waals surface area contributed by atoms with Gasteiger partial charge in [-0.1, -0.05) is 33.7 Å². The molecule has 2 atom stereocenters. The zero-order valence-electron chi connectivity index (χ0n) is 9.10. The number of fused-ring (bicyclic) bond motifs is 3. The van der Waals surface area contributed by atoms with Crippen molar-refractivity contribution in [1.29, 1.82) is 0 Å². The second-order valence-corrected chi connectivity index (χ2v) is 5.21. The second-order valence-electron chi connectivity index (χ2n) is 4.48. The summed E-state index contributed by atoms with van der Waals surface area (Å²) in [6.07, 6.45) is 0.995. The molecule has 0 radical (unpaired) electrons. The van der Waals surface area contributed by atoms with Crippen LogP contribution in [0.2, 0.25) is 0 Å². The van der Waals surface area contributed by atoms with Crippen LogP contribution in [0.25, 0.3) is 0 Å². The summed E-state index contributed by atoms with van der Waals surface area (Å²) < 4.78 is 2.03. The van der Waals surface area contributed by atoms with E-state index in [1.54, 1.807) is 0 Å². The molecule has 84 valence electrons. The van der Waals surface area contributed by atoms with Gasteiger partial charge in [0.15, 0.2) is 0 Å². The van der Waals surface area contributed by atoms with Gasteiger partial charge in [0, 0.05) is 13.1 Å². The Kier molecular flexibility index (Phi) is 2.45. The normalized spacial score (nSPS) is 25.2. The fraction of sp³-hybridized carbons (Fsp3) is 0.417. The molecule has 1 aromatic rings. The molecule has 1 fully saturated rings. The Morgan fingerprint density at radius 3 is 3.00 bits per heavy atom. The molecule has 0 aliphatic carbocycles. The van der Waals surface area contributed by atoms with Crippen LogP contribution in [0.3, 0.4) is 0 Å². The maximum atomic E-state index is 11.9. The fourth-order valence-electron chi connectivity index (χ4n) is 2.70. The minimum Gasteiger partial charge on any atom is -0.333 e. The second kappa shape index (κ2) is 3.83. The zero-order valence-corrected chi connectivity index (χ0v) is 10.2. The molecule has 0 bridgehead atoms. The van der Waals surface area contributed by atoms with Gasteiger partial charge in [-0.3, -0.25) is 9.46 Å². The number of piperazine rings is 1. The van der Waals surface area contributed by atoms with Crippen LogP contribution >= 0.6 is 9.39 Å². The maximum Gasteiger partial charge on any atom is 0.237 e. The van der Waals surface area contributed by atoms with Crippen LogP contribution in [0, 0.1) is 0 Å². The third-order valence-corrected chi connectivity index (χ3v) is 3.87. The monoisotopic (exact) mass is 234 g/mol. The molecule has 0 saturated carbocycles. The maximum absolute atomic E-state index is 11.9. The largest absolute Gasteiger partial charge is 0.333 e. The molecule has 0 N–H and O–H groups in total.